The van der Waals surface area contributed by atoms with Crippen LogP contribution in [0.1, 0.15) is 5.89 Å². The molecule has 2 aromatic rings. The highest BCUT2D eigenvalue weighted by molar-refractivity contribution is 9.10. The number of hydrogen-bond acceptors (Lipinski definition) is 4. The van der Waals surface area contributed by atoms with E-state index in [1.807, 2.05) is 0 Å². The van der Waals surface area contributed by atoms with Crippen molar-refractivity contribution in [3.8, 4) is 11.4 Å². The summed E-state index contributed by atoms with van der Waals surface area (Å²) >= 11 is 3.06. The minimum absolute atomic E-state index is 0.173. The van der Waals surface area contributed by atoms with Gasteiger partial charge in [-0.15, -0.1) is 0 Å². The van der Waals surface area contributed by atoms with Crippen LogP contribution in [0.5, 0.6) is 0 Å². The molecule has 78 valence electrons. The second-order valence-corrected chi connectivity index (χ2v) is 3.70. The number of aromatic nitrogens is 2. The molecule has 0 fully saturated rings. The molecule has 0 aliphatic heterocycles. The van der Waals surface area contributed by atoms with Gasteiger partial charge in [-0.3, -0.25) is 0 Å². The van der Waals surface area contributed by atoms with Crippen molar-refractivity contribution in [1.82, 2.24) is 10.1 Å². The molecule has 0 amide bonds. The van der Waals surface area contributed by atoms with Crippen molar-refractivity contribution < 1.29 is 8.91 Å². The zero-order chi connectivity index (χ0) is 10.8. The molecule has 0 atom stereocenters. The second-order valence-electron chi connectivity index (χ2n) is 2.84. The van der Waals surface area contributed by atoms with E-state index in [4.69, 9.17) is 10.3 Å². The first-order valence-electron chi connectivity index (χ1n) is 4.19. The van der Waals surface area contributed by atoms with Gasteiger partial charge in [0.1, 0.15) is 5.82 Å². The average Bonchev–Trinajstić information content (AvgIpc) is 2.70. The lowest BCUT2D eigenvalue weighted by Gasteiger charge is -1.96. The lowest BCUT2D eigenvalue weighted by molar-refractivity contribution is 0.380. The van der Waals surface area contributed by atoms with Crippen molar-refractivity contribution in [1.29, 1.82) is 0 Å². The maximum absolute atomic E-state index is 13.2. The van der Waals surface area contributed by atoms with Crippen LogP contribution in [0.15, 0.2) is 27.2 Å². The minimum atomic E-state index is -0.369. The molecular weight excluding hydrogens is 265 g/mol. The van der Waals surface area contributed by atoms with E-state index in [1.54, 1.807) is 12.1 Å². The van der Waals surface area contributed by atoms with Crippen LogP contribution in [0.4, 0.5) is 4.39 Å². The highest BCUT2D eigenvalue weighted by Crippen LogP contribution is 2.22. The molecule has 0 aliphatic carbocycles. The summed E-state index contributed by atoms with van der Waals surface area (Å²) in [4.78, 5) is 3.99. The molecule has 1 aromatic carbocycles. The molecule has 15 heavy (non-hydrogen) atoms. The molecule has 0 spiro atoms. The molecule has 6 heteroatoms. The lowest BCUT2D eigenvalue weighted by Crippen LogP contribution is -1.95. The largest absolute Gasteiger partial charge is 0.338 e. The molecule has 0 radical (unpaired) electrons. The van der Waals surface area contributed by atoms with Gasteiger partial charge in [0.25, 0.3) is 0 Å². The Bertz CT molecular complexity index is 486. The number of hydrogen-bond donors (Lipinski definition) is 1. The van der Waals surface area contributed by atoms with E-state index in [9.17, 15) is 4.39 Å². The summed E-state index contributed by atoms with van der Waals surface area (Å²) in [7, 11) is 0. The van der Waals surface area contributed by atoms with Gasteiger partial charge >= 0.3 is 0 Å². The number of benzene rings is 1. The standard InChI is InChI=1S/C9H7BrFN3O/c10-6-2-1-5(3-7(6)11)9-13-8(4-12)15-14-9/h1-3H,4,12H2. The third kappa shape index (κ3) is 2.05. The fraction of sp³-hybridized carbons (Fsp3) is 0.111. The Balaban J connectivity index is 2.40. The van der Waals surface area contributed by atoms with Crippen LogP contribution in [0.3, 0.4) is 0 Å². The topological polar surface area (TPSA) is 64.9 Å². The van der Waals surface area contributed by atoms with Crippen LogP contribution in [0, 0.1) is 5.82 Å². The summed E-state index contributed by atoms with van der Waals surface area (Å²) in [5.74, 6) is 0.293. The normalized spacial score (nSPS) is 10.6. The molecule has 4 nitrogen and oxygen atoms in total. The summed E-state index contributed by atoms with van der Waals surface area (Å²) in [6.45, 7) is 0.173. The summed E-state index contributed by atoms with van der Waals surface area (Å²) in [6, 6.07) is 4.61. The predicted octanol–water partition coefficient (Wildman–Crippen LogP) is 2.10. The van der Waals surface area contributed by atoms with Crippen molar-refractivity contribution in [2.75, 3.05) is 0 Å². The van der Waals surface area contributed by atoms with E-state index in [-0.39, 0.29) is 12.4 Å². The van der Waals surface area contributed by atoms with Gasteiger partial charge in [-0.2, -0.15) is 4.98 Å². The smallest absolute Gasteiger partial charge is 0.240 e. The molecule has 0 saturated heterocycles. The number of rotatable bonds is 2. The van der Waals surface area contributed by atoms with Gasteiger partial charge in [0.2, 0.25) is 11.7 Å². The predicted molar refractivity (Wildman–Crippen MR) is 55.3 cm³/mol. The molecular formula is C9H7BrFN3O. The zero-order valence-corrected chi connectivity index (χ0v) is 9.16. The van der Waals surface area contributed by atoms with E-state index in [1.165, 1.54) is 6.07 Å². The third-order valence-corrected chi connectivity index (χ3v) is 2.46. The Morgan fingerprint density at radius 2 is 2.27 bits per heavy atom. The SMILES string of the molecule is NCc1nc(-c2ccc(Br)c(F)c2)no1. The highest BCUT2D eigenvalue weighted by Gasteiger charge is 2.09. The van der Waals surface area contributed by atoms with Crippen LogP contribution in [-0.2, 0) is 6.54 Å². The first-order chi connectivity index (χ1) is 7.20. The maximum Gasteiger partial charge on any atom is 0.240 e. The summed E-state index contributed by atoms with van der Waals surface area (Å²) in [6.07, 6.45) is 0. The van der Waals surface area contributed by atoms with E-state index in [0.29, 0.717) is 21.8 Å². The molecule has 0 saturated carbocycles. The van der Waals surface area contributed by atoms with Gasteiger partial charge in [0.05, 0.1) is 11.0 Å². The van der Waals surface area contributed by atoms with Crippen molar-refractivity contribution in [3.63, 3.8) is 0 Å². The van der Waals surface area contributed by atoms with Crippen LogP contribution in [0.25, 0.3) is 11.4 Å². The Labute approximate surface area is 93.4 Å². The summed E-state index contributed by atoms with van der Waals surface area (Å²) in [5.41, 5.74) is 5.87. The molecule has 2 N–H and O–H groups in total. The molecule has 1 heterocycles. The van der Waals surface area contributed by atoms with Crippen LogP contribution < -0.4 is 5.73 Å². The first kappa shape index (κ1) is 10.3. The second kappa shape index (κ2) is 4.08. The molecule has 0 unspecified atom stereocenters. The van der Waals surface area contributed by atoms with E-state index in [0.717, 1.165) is 0 Å². The van der Waals surface area contributed by atoms with Gasteiger partial charge in [-0.1, -0.05) is 5.16 Å². The van der Waals surface area contributed by atoms with Crippen LogP contribution >= 0.6 is 15.9 Å². The van der Waals surface area contributed by atoms with Gasteiger partial charge in [-0.05, 0) is 34.1 Å². The van der Waals surface area contributed by atoms with Gasteiger partial charge in [0, 0.05) is 5.56 Å². The zero-order valence-electron chi connectivity index (χ0n) is 7.58. The van der Waals surface area contributed by atoms with Crippen LogP contribution in [-0.4, -0.2) is 10.1 Å². The van der Waals surface area contributed by atoms with E-state index in [2.05, 4.69) is 26.1 Å². The van der Waals surface area contributed by atoms with E-state index < -0.39 is 0 Å². The molecule has 2 rings (SSSR count). The molecule has 0 bridgehead atoms. The minimum Gasteiger partial charge on any atom is -0.338 e. The van der Waals surface area contributed by atoms with Gasteiger partial charge in [-0.25, -0.2) is 4.39 Å². The van der Waals surface area contributed by atoms with Crippen molar-refractivity contribution in [3.05, 3.63) is 34.4 Å². The number of nitrogens with zero attached hydrogens (tertiary/aromatic N) is 2. The monoisotopic (exact) mass is 271 g/mol. The van der Waals surface area contributed by atoms with Crippen molar-refractivity contribution >= 4 is 15.9 Å². The summed E-state index contributed by atoms with van der Waals surface area (Å²) < 4.78 is 18.4. The third-order valence-electron chi connectivity index (χ3n) is 1.82. The van der Waals surface area contributed by atoms with Crippen molar-refractivity contribution in [2.45, 2.75) is 6.54 Å². The summed E-state index contributed by atoms with van der Waals surface area (Å²) in [5, 5.41) is 3.68. The lowest BCUT2D eigenvalue weighted by atomic mass is 10.2. The molecule has 0 aliphatic rings. The number of halogens is 2. The average molecular weight is 272 g/mol. The van der Waals surface area contributed by atoms with Crippen LogP contribution in [0.2, 0.25) is 0 Å². The van der Waals surface area contributed by atoms with Gasteiger partial charge < -0.3 is 10.3 Å². The Kier molecular flexibility index (Phi) is 2.79. The Morgan fingerprint density at radius 1 is 1.47 bits per heavy atom. The fourth-order valence-corrected chi connectivity index (χ4v) is 1.34. The fourth-order valence-electron chi connectivity index (χ4n) is 1.09. The quantitative estimate of drug-likeness (QED) is 0.909. The number of nitrogens with two attached hydrogens (primary N) is 1. The van der Waals surface area contributed by atoms with Crippen molar-refractivity contribution in [2.24, 2.45) is 5.73 Å². The van der Waals surface area contributed by atoms with Gasteiger partial charge in [0.15, 0.2) is 0 Å². The van der Waals surface area contributed by atoms with E-state index >= 15 is 0 Å². The Morgan fingerprint density at radius 3 is 2.87 bits per heavy atom. The highest BCUT2D eigenvalue weighted by atomic mass is 79.9. The molecule has 1 aromatic heterocycles. The first-order valence-corrected chi connectivity index (χ1v) is 4.98. The maximum atomic E-state index is 13.2. The Hall–Kier alpha value is -1.27.